The third-order valence-electron chi connectivity index (χ3n) is 3.93. The average molecular weight is 305 g/mol. The van der Waals surface area contributed by atoms with E-state index in [0.717, 1.165) is 35.8 Å². The molecule has 2 N–H and O–H groups in total. The number of anilines is 1. The van der Waals surface area contributed by atoms with Gasteiger partial charge in [0.05, 0.1) is 6.10 Å². The van der Waals surface area contributed by atoms with Crippen LogP contribution in [0.15, 0.2) is 24.3 Å². The van der Waals surface area contributed by atoms with Gasteiger partial charge in [0.25, 0.3) is 0 Å². The predicted octanol–water partition coefficient (Wildman–Crippen LogP) is 3.60. The van der Waals surface area contributed by atoms with Gasteiger partial charge in [0.1, 0.15) is 11.0 Å². The van der Waals surface area contributed by atoms with Crippen molar-refractivity contribution in [1.29, 1.82) is 0 Å². The van der Waals surface area contributed by atoms with Gasteiger partial charge in [-0.15, -0.1) is 11.3 Å². The SMILES string of the molecule is COC1CCCC(OC(=O)c2cc3cc(N)ccc3s2)C1. The Labute approximate surface area is 127 Å². The summed E-state index contributed by atoms with van der Waals surface area (Å²) in [4.78, 5) is 12.9. The fraction of sp³-hybridized carbons (Fsp3) is 0.438. The van der Waals surface area contributed by atoms with Crippen LogP contribution in [0.4, 0.5) is 5.69 Å². The van der Waals surface area contributed by atoms with Gasteiger partial charge in [-0.25, -0.2) is 4.79 Å². The van der Waals surface area contributed by atoms with Crippen molar-refractivity contribution in [2.24, 2.45) is 0 Å². The van der Waals surface area contributed by atoms with Crippen molar-refractivity contribution in [3.63, 3.8) is 0 Å². The maximum Gasteiger partial charge on any atom is 0.348 e. The zero-order valence-corrected chi connectivity index (χ0v) is 12.8. The molecule has 0 spiro atoms. The third-order valence-corrected chi connectivity index (χ3v) is 5.02. The van der Waals surface area contributed by atoms with Crippen LogP contribution in [-0.4, -0.2) is 25.3 Å². The van der Waals surface area contributed by atoms with E-state index in [1.807, 2.05) is 24.3 Å². The first-order valence-corrected chi connectivity index (χ1v) is 8.00. The van der Waals surface area contributed by atoms with Crippen LogP contribution >= 0.6 is 11.3 Å². The van der Waals surface area contributed by atoms with Gasteiger partial charge < -0.3 is 15.2 Å². The highest BCUT2D eigenvalue weighted by atomic mass is 32.1. The van der Waals surface area contributed by atoms with Crippen LogP contribution in [0.1, 0.15) is 35.4 Å². The van der Waals surface area contributed by atoms with Crippen molar-refractivity contribution in [2.45, 2.75) is 37.9 Å². The molecule has 4 nitrogen and oxygen atoms in total. The summed E-state index contributed by atoms with van der Waals surface area (Å²) in [6.45, 7) is 0. The molecule has 1 aromatic heterocycles. The van der Waals surface area contributed by atoms with Crippen molar-refractivity contribution in [2.75, 3.05) is 12.8 Å². The Morgan fingerprint density at radius 3 is 2.90 bits per heavy atom. The van der Waals surface area contributed by atoms with Crippen LogP contribution in [0.5, 0.6) is 0 Å². The van der Waals surface area contributed by atoms with Crippen molar-refractivity contribution in [1.82, 2.24) is 0 Å². The van der Waals surface area contributed by atoms with Crippen molar-refractivity contribution in [3.05, 3.63) is 29.1 Å². The zero-order valence-electron chi connectivity index (χ0n) is 12.0. The number of nitrogen functional groups attached to an aromatic ring is 1. The summed E-state index contributed by atoms with van der Waals surface area (Å²) in [5.74, 6) is -0.239. The predicted molar refractivity (Wildman–Crippen MR) is 84.7 cm³/mol. The average Bonchev–Trinajstić information content (AvgIpc) is 2.90. The molecule has 1 aliphatic rings. The van der Waals surface area contributed by atoms with Gasteiger partial charge in [0.15, 0.2) is 0 Å². The second kappa shape index (κ2) is 6.03. The summed E-state index contributed by atoms with van der Waals surface area (Å²) in [5, 5.41) is 0.991. The lowest BCUT2D eigenvalue weighted by atomic mass is 9.95. The molecule has 3 rings (SSSR count). The molecule has 0 aliphatic heterocycles. The Bertz CT molecular complexity index is 652. The molecule has 1 aromatic carbocycles. The second-order valence-electron chi connectivity index (χ2n) is 5.46. The first-order chi connectivity index (χ1) is 10.2. The molecule has 5 heteroatoms. The molecular weight excluding hydrogens is 286 g/mol. The molecule has 0 bridgehead atoms. The normalized spacial score (nSPS) is 22.3. The van der Waals surface area contributed by atoms with Gasteiger partial charge in [-0.05, 0) is 48.9 Å². The van der Waals surface area contributed by atoms with Gasteiger partial charge in [0, 0.05) is 23.9 Å². The quantitative estimate of drug-likeness (QED) is 0.695. The fourth-order valence-electron chi connectivity index (χ4n) is 2.80. The zero-order chi connectivity index (χ0) is 14.8. The smallest absolute Gasteiger partial charge is 0.348 e. The van der Waals surface area contributed by atoms with Crippen LogP contribution in [0.3, 0.4) is 0 Å². The number of carbonyl (C=O) groups is 1. The molecule has 112 valence electrons. The van der Waals surface area contributed by atoms with Gasteiger partial charge in [-0.1, -0.05) is 0 Å². The second-order valence-corrected chi connectivity index (χ2v) is 6.54. The lowest BCUT2D eigenvalue weighted by Crippen LogP contribution is -2.29. The number of esters is 1. The van der Waals surface area contributed by atoms with Gasteiger partial charge in [0.2, 0.25) is 0 Å². The van der Waals surface area contributed by atoms with Crippen LogP contribution < -0.4 is 5.73 Å². The van der Waals surface area contributed by atoms with Crippen LogP contribution in [0, 0.1) is 0 Å². The lowest BCUT2D eigenvalue weighted by molar-refractivity contribution is -0.0145. The van der Waals surface area contributed by atoms with Crippen LogP contribution in [-0.2, 0) is 9.47 Å². The molecule has 0 amide bonds. The maximum absolute atomic E-state index is 12.3. The van der Waals surface area contributed by atoms with E-state index in [1.54, 1.807) is 7.11 Å². The molecule has 0 radical (unpaired) electrons. The third kappa shape index (κ3) is 3.19. The minimum atomic E-state index is -0.239. The largest absolute Gasteiger partial charge is 0.458 e. The minimum Gasteiger partial charge on any atom is -0.458 e. The van der Waals surface area contributed by atoms with E-state index in [-0.39, 0.29) is 18.2 Å². The molecule has 21 heavy (non-hydrogen) atoms. The maximum atomic E-state index is 12.3. The molecule has 1 heterocycles. The van der Waals surface area contributed by atoms with E-state index in [9.17, 15) is 4.79 Å². The van der Waals surface area contributed by atoms with E-state index < -0.39 is 0 Å². The Morgan fingerprint density at radius 1 is 1.29 bits per heavy atom. The number of thiophene rings is 1. The Balaban J connectivity index is 1.71. The van der Waals surface area contributed by atoms with E-state index in [4.69, 9.17) is 15.2 Å². The monoisotopic (exact) mass is 305 g/mol. The van der Waals surface area contributed by atoms with Crippen LogP contribution in [0.25, 0.3) is 10.1 Å². The number of ether oxygens (including phenoxy) is 2. The molecular formula is C16H19NO3S. The highest BCUT2D eigenvalue weighted by Crippen LogP contribution is 2.29. The number of benzene rings is 1. The number of carbonyl (C=O) groups excluding carboxylic acids is 1. The molecule has 0 saturated heterocycles. The number of rotatable bonds is 3. The standard InChI is InChI=1S/C16H19NO3S/c1-19-12-3-2-4-13(9-12)20-16(18)15-8-10-7-11(17)5-6-14(10)21-15/h5-8,12-13H,2-4,9,17H2,1H3. The summed E-state index contributed by atoms with van der Waals surface area (Å²) in [6, 6.07) is 7.52. The summed E-state index contributed by atoms with van der Waals surface area (Å²) in [6.07, 6.45) is 3.97. The van der Waals surface area contributed by atoms with E-state index in [2.05, 4.69) is 0 Å². The summed E-state index contributed by atoms with van der Waals surface area (Å²) in [7, 11) is 1.71. The van der Waals surface area contributed by atoms with Crippen LogP contribution in [0.2, 0.25) is 0 Å². The van der Waals surface area contributed by atoms with Gasteiger partial charge in [-0.2, -0.15) is 0 Å². The summed E-state index contributed by atoms with van der Waals surface area (Å²) in [5.41, 5.74) is 6.47. The first kappa shape index (κ1) is 14.4. The van der Waals surface area contributed by atoms with E-state index in [1.165, 1.54) is 11.3 Å². The van der Waals surface area contributed by atoms with E-state index in [0.29, 0.717) is 10.6 Å². The molecule has 2 aromatic rings. The van der Waals surface area contributed by atoms with Gasteiger partial charge in [-0.3, -0.25) is 0 Å². The molecule has 1 aliphatic carbocycles. The number of fused-ring (bicyclic) bond motifs is 1. The first-order valence-electron chi connectivity index (χ1n) is 7.18. The highest BCUT2D eigenvalue weighted by molar-refractivity contribution is 7.20. The Hall–Kier alpha value is -1.59. The Morgan fingerprint density at radius 2 is 2.10 bits per heavy atom. The molecule has 1 fully saturated rings. The van der Waals surface area contributed by atoms with Crippen molar-refractivity contribution in [3.8, 4) is 0 Å². The van der Waals surface area contributed by atoms with Crippen molar-refractivity contribution >= 4 is 33.1 Å². The summed E-state index contributed by atoms with van der Waals surface area (Å²) < 4.78 is 12.0. The highest BCUT2D eigenvalue weighted by Gasteiger charge is 2.25. The molecule has 1 saturated carbocycles. The molecule has 2 unspecified atom stereocenters. The fourth-order valence-corrected chi connectivity index (χ4v) is 3.72. The number of hydrogen-bond donors (Lipinski definition) is 1. The topological polar surface area (TPSA) is 61.5 Å². The van der Waals surface area contributed by atoms with Crippen molar-refractivity contribution < 1.29 is 14.3 Å². The minimum absolute atomic E-state index is 0.0357. The van der Waals surface area contributed by atoms with Gasteiger partial charge >= 0.3 is 5.97 Å². The number of hydrogen-bond acceptors (Lipinski definition) is 5. The summed E-state index contributed by atoms with van der Waals surface area (Å²) >= 11 is 1.45. The van der Waals surface area contributed by atoms with E-state index >= 15 is 0 Å². The lowest BCUT2D eigenvalue weighted by Gasteiger charge is -2.27. The number of nitrogens with two attached hydrogens (primary N) is 1. The molecule has 2 atom stereocenters. The number of methoxy groups -OCH3 is 1. The Kier molecular flexibility index (Phi) is 4.12.